The molecule has 0 radical (unpaired) electrons. The first-order chi connectivity index (χ1) is 16.3. The number of hydrogen-bond donors (Lipinski definition) is 1. The Balaban J connectivity index is 1.86. The van der Waals surface area contributed by atoms with Crippen molar-refractivity contribution in [1.29, 1.82) is 0 Å². The van der Waals surface area contributed by atoms with E-state index in [0.717, 1.165) is 0 Å². The number of hydrogen-bond acceptors (Lipinski definition) is 8. The van der Waals surface area contributed by atoms with Gasteiger partial charge in [0.15, 0.2) is 11.6 Å². The third kappa shape index (κ3) is 3.45. The summed E-state index contributed by atoms with van der Waals surface area (Å²) >= 11 is 0. The molecule has 2 aliphatic heterocycles. The largest absolute Gasteiger partial charge is 0.497 e. The van der Waals surface area contributed by atoms with Crippen molar-refractivity contribution in [3.05, 3.63) is 70.3 Å². The van der Waals surface area contributed by atoms with E-state index in [0.29, 0.717) is 17.0 Å². The average molecular weight is 469 g/mol. The van der Waals surface area contributed by atoms with Gasteiger partial charge in [0, 0.05) is 17.7 Å². The molecule has 1 N–H and O–H groups in total. The van der Waals surface area contributed by atoms with Gasteiger partial charge in [-0.2, -0.15) is 0 Å². The molecule has 0 bridgehead atoms. The summed E-state index contributed by atoms with van der Waals surface area (Å²) in [7, 11) is 4.14. The van der Waals surface area contributed by atoms with Crippen LogP contribution < -0.4 is 10.1 Å². The molecule has 2 aromatic rings. The number of rotatable bonds is 7. The Morgan fingerprint density at radius 1 is 1.09 bits per heavy atom. The van der Waals surface area contributed by atoms with Gasteiger partial charge in [-0.3, -0.25) is 14.9 Å². The van der Waals surface area contributed by atoms with Crippen LogP contribution in [0.2, 0.25) is 0 Å². The predicted octanol–water partition coefficient (Wildman–Crippen LogP) is 2.08. The zero-order chi connectivity index (χ0) is 24.6. The van der Waals surface area contributed by atoms with Crippen LogP contribution in [-0.2, 0) is 19.1 Å². The number of nitro groups is 1. The molecule has 6 atom stereocenters. The number of benzene rings is 2. The van der Waals surface area contributed by atoms with Crippen molar-refractivity contribution in [2.75, 3.05) is 26.6 Å². The molecule has 0 spiro atoms. The number of ether oxygens (including phenoxy) is 3. The third-order valence-corrected chi connectivity index (χ3v) is 6.95. The molecule has 2 saturated heterocycles. The number of carbonyl (C=O) groups is 2. The van der Waals surface area contributed by atoms with Crippen LogP contribution in [0.25, 0.3) is 0 Å². The number of carbonyl (C=O) groups excluding carboxylic acids is 2. The lowest BCUT2D eigenvalue weighted by atomic mass is 9.77. The number of esters is 1. The second-order valence-electron chi connectivity index (χ2n) is 8.56. The number of nitrogens with zero attached hydrogens (tertiary/aromatic N) is 2. The van der Waals surface area contributed by atoms with E-state index in [1.165, 1.54) is 26.0 Å². The molecule has 0 saturated carbocycles. The lowest BCUT2D eigenvalue weighted by Crippen LogP contribution is -2.55. The number of anilines is 1. The molecule has 2 heterocycles. The summed E-state index contributed by atoms with van der Waals surface area (Å²) < 4.78 is 15.8. The minimum atomic E-state index is -1.61. The first-order valence-corrected chi connectivity index (χ1v) is 10.8. The van der Waals surface area contributed by atoms with E-state index in [2.05, 4.69) is 5.32 Å². The summed E-state index contributed by atoms with van der Waals surface area (Å²) in [4.78, 5) is 40.2. The van der Waals surface area contributed by atoms with Gasteiger partial charge in [-0.1, -0.05) is 30.3 Å². The molecule has 2 aromatic carbocycles. The van der Waals surface area contributed by atoms with E-state index < -0.39 is 52.5 Å². The monoisotopic (exact) mass is 469 g/mol. The highest BCUT2D eigenvalue weighted by Gasteiger charge is 2.74. The second kappa shape index (κ2) is 8.94. The van der Waals surface area contributed by atoms with Gasteiger partial charge in [-0.25, -0.2) is 4.79 Å². The molecule has 10 nitrogen and oxygen atoms in total. The van der Waals surface area contributed by atoms with Crippen molar-refractivity contribution in [2.24, 2.45) is 0 Å². The molecule has 1 amide bonds. The predicted molar refractivity (Wildman–Crippen MR) is 122 cm³/mol. The minimum Gasteiger partial charge on any atom is -0.497 e. The number of fused-ring (bicyclic) bond motifs is 1. The van der Waals surface area contributed by atoms with E-state index >= 15 is 0 Å². The van der Waals surface area contributed by atoms with Crippen molar-refractivity contribution in [3.63, 3.8) is 0 Å². The molecule has 180 valence electrons. The van der Waals surface area contributed by atoms with Gasteiger partial charge in [0.1, 0.15) is 11.8 Å². The van der Waals surface area contributed by atoms with Crippen LogP contribution in [-0.4, -0.2) is 72.8 Å². The fraction of sp³-hybridized carbons (Fsp3) is 0.417. The van der Waals surface area contributed by atoms with Crippen LogP contribution >= 0.6 is 0 Å². The molecular formula is C24H27N3O7. The Bertz CT molecular complexity index is 1080. The van der Waals surface area contributed by atoms with Gasteiger partial charge >= 0.3 is 5.97 Å². The van der Waals surface area contributed by atoms with Gasteiger partial charge in [0.05, 0.1) is 26.2 Å². The van der Waals surface area contributed by atoms with E-state index in [1.54, 1.807) is 61.7 Å². The zero-order valence-electron chi connectivity index (χ0n) is 19.3. The van der Waals surface area contributed by atoms with Crippen molar-refractivity contribution >= 4 is 17.6 Å². The maximum atomic E-state index is 13.6. The van der Waals surface area contributed by atoms with E-state index in [9.17, 15) is 19.7 Å². The highest BCUT2D eigenvalue weighted by atomic mass is 16.6. The van der Waals surface area contributed by atoms with Crippen LogP contribution in [0, 0.1) is 10.1 Å². The van der Waals surface area contributed by atoms with Gasteiger partial charge in [-0.05, 0) is 36.8 Å². The summed E-state index contributed by atoms with van der Waals surface area (Å²) in [5, 5.41) is 15.8. The fourth-order valence-electron chi connectivity index (χ4n) is 5.51. The van der Waals surface area contributed by atoms with Crippen LogP contribution in [0.4, 0.5) is 5.69 Å². The van der Waals surface area contributed by atoms with Gasteiger partial charge in [-0.15, -0.1) is 0 Å². The SMILES string of the molecule is COC(=O)[C@@]1(C)[C@@H](c2ccccc2)[C@@H]([N+](=O)[O-])[C@H]2[C@H](Nc3ccc(OC)cc3)[C@@H](OC)C(=O)N21. The summed E-state index contributed by atoms with van der Waals surface area (Å²) in [5.74, 6) is -1.51. The molecular weight excluding hydrogens is 442 g/mol. The lowest BCUT2D eigenvalue weighted by molar-refractivity contribution is -0.528. The standard InChI is InChI=1S/C24H27N3O7/c1-24(23(29)34-4)17(14-8-6-5-7-9-14)19(27(30)31)20-18(21(33-3)22(28)26(20)24)25-15-10-12-16(32-2)13-11-15/h5-13,17-21,25H,1-4H3/t17-,18-,19+,20+,21+,24+/m0/s1. The minimum absolute atomic E-state index is 0.405. The summed E-state index contributed by atoms with van der Waals surface area (Å²) in [6.07, 6.45) is -1.03. The first-order valence-electron chi connectivity index (χ1n) is 10.8. The van der Waals surface area contributed by atoms with Gasteiger partial charge < -0.3 is 24.4 Å². The summed E-state index contributed by atoms with van der Waals surface area (Å²) in [6.45, 7) is 1.54. The topological polar surface area (TPSA) is 120 Å². The maximum absolute atomic E-state index is 13.6. The van der Waals surface area contributed by atoms with Crippen LogP contribution in [0.1, 0.15) is 18.4 Å². The number of methoxy groups -OCH3 is 3. The number of nitrogens with one attached hydrogen (secondary N) is 1. The number of amides is 1. The Morgan fingerprint density at radius 3 is 2.26 bits per heavy atom. The normalized spacial score (nSPS) is 30.1. The highest BCUT2D eigenvalue weighted by Crippen LogP contribution is 2.52. The van der Waals surface area contributed by atoms with Gasteiger partial charge in [0.2, 0.25) is 6.04 Å². The van der Waals surface area contributed by atoms with E-state index in [1.807, 2.05) is 0 Å². The molecule has 0 unspecified atom stereocenters. The quantitative estimate of drug-likeness (QED) is 0.372. The van der Waals surface area contributed by atoms with Crippen LogP contribution in [0.15, 0.2) is 54.6 Å². The lowest BCUT2D eigenvalue weighted by Gasteiger charge is -2.35. The first kappa shape index (κ1) is 23.5. The van der Waals surface area contributed by atoms with Crippen molar-refractivity contribution < 1.29 is 28.7 Å². The molecule has 34 heavy (non-hydrogen) atoms. The van der Waals surface area contributed by atoms with Crippen molar-refractivity contribution in [2.45, 2.75) is 42.6 Å². The van der Waals surface area contributed by atoms with Crippen LogP contribution in [0.3, 0.4) is 0 Å². The smallest absolute Gasteiger partial charge is 0.332 e. The highest BCUT2D eigenvalue weighted by molar-refractivity contribution is 5.95. The summed E-state index contributed by atoms with van der Waals surface area (Å²) in [5.41, 5.74) is -0.396. The molecule has 4 rings (SSSR count). The Morgan fingerprint density at radius 2 is 1.74 bits per heavy atom. The van der Waals surface area contributed by atoms with Crippen LogP contribution in [0.5, 0.6) is 5.75 Å². The van der Waals surface area contributed by atoms with Crippen molar-refractivity contribution in [1.82, 2.24) is 4.90 Å². The van der Waals surface area contributed by atoms with E-state index in [4.69, 9.17) is 14.2 Å². The fourth-order valence-corrected chi connectivity index (χ4v) is 5.51. The zero-order valence-corrected chi connectivity index (χ0v) is 19.3. The molecule has 0 aliphatic carbocycles. The third-order valence-electron chi connectivity index (χ3n) is 6.95. The molecule has 2 aliphatic rings. The summed E-state index contributed by atoms with van der Waals surface area (Å²) in [6, 6.07) is 12.7. The Labute approximate surface area is 196 Å². The Kier molecular flexibility index (Phi) is 6.18. The molecule has 0 aromatic heterocycles. The Hall–Kier alpha value is -3.66. The second-order valence-corrected chi connectivity index (χ2v) is 8.56. The molecule has 2 fully saturated rings. The average Bonchev–Trinajstić information content (AvgIpc) is 3.29. The van der Waals surface area contributed by atoms with E-state index in [-0.39, 0.29) is 0 Å². The van der Waals surface area contributed by atoms with Gasteiger partial charge in [0.25, 0.3) is 5.91 Å². The van der Waals surface area contributed by atoms with Crippen molar-refractivity contribution in [3.8, 4) is 5.75 Å². The molecule has 10 heteroatoms. The maximum Gasteiger partial charge on any atom is 0.332 e.